The van der Waals surface area contributed by atoms with Gasteiger partial charge in [0.2, 0.25) is 0 Å². The maximum absolute atomic E-state index is 4.93. The SMILES string of the molecule is O.[Cl][W][Cl]. The fraction of sp³-hybridized carbons (Fsp3) is 0. The minimum absolute atomic E-state index is 0. The number of hydrogen-bond donors (Lipinski definition) is 0. The quantitative estimate of drug-likeness (QED) is 0.617. The van der Waals surface area contributed by atoms with Crippen molar-refractivity contribution >= 4 is 18.8 Å². The third-order valence-electron chi connectivity index (χ3n) is 0. The molecule has 0 aliphatic carbocycles. The van der Waals surface area contributed by atoms with Crippen LogP contribution in [0.15, 0.2) is 0 Å². The molecule has 4 heteroatoms. The summed E-state index contributed by atoms with van der Waals surface area (Å²) in [6.45, 7) is 0. The monoisotopic (exact) mass is 272 g/mol. The van der Waals surface area contributed by atoms with Crippen molar-refractivity contribution in [2.24, 2.45) is 0 Å². The molecule has 4 heavy (non-hydrogen) atoms. The average Bonchev–Trinajstić information content (AvgIpc) is 0.918. The van der Waals surface area contributed by atoms with Gasteiger partial charge in [-0.25, -0.2) is 0 Å². The van der Waals surface area contributed by atoms with E-state index in [1.165, 1.54) is 0 Å². The summed E-state index contributed by atoms with van der Waals surface area (Å²) in [5.74, 6) is 0. The second-order valence-electron chi connectivity index (χ2n) is 0.0583. The molecule has 0 saturated heterocycles. The van der Waals surface area contributed by atoms with E-state index in [2.05, 4.69) is 0 Å². The Balaban J connectivity index is 0. The van der Waals surface area contributed by atoms with Gasteiger partial charge < -0.3 is 5.48 Å². The first-order valence-corrected chi connectivity index (χ1v) is 7.58. The summed E-state index contributed by atoms with van der Waals surface area (Å²) < 4.78 is 0. The molecular formula is H2Cl2OW. The van der Waals surface area contributed by atoms with E-state index in [1.807, 2.05) is 0 Å². The standard InChI is InChI=1S/2ClH.H2O.W/h2*1H;1H2;/q;;;+2/p-2. The van der Waals surface area contributed by atoms with E-state index in [4.69, 9.17) is 18.8 Å². The van der Waals surface area contributed by atoms with Crippen molar-refractivity contribution in [3.8, 4) is 0 Å². The first-order valence-electron chi connectivity index (χ1n) is 0.309. The van der Waals surface area contributed by atoms with Gasteiger partial charge in [0.25, 0.3) is 0 Å². The number of halogens is 2. The first-order chi connectivity index (χ1) is 1.41. The molecule has 0 bridgehead atoms. The molecule has 0 aliphatic heterocycles. The third kappa shape index (κ3) is 10.6. The van der Waals surface area contributed by atoms with Crippen molar-refractivity contribution < 1.29 is 22.0 Å². The minimum atomic E-state index is -0.806. The fourth-order valence-electron chi connectivity index (χ4n) is 0. The summed E-state index contributed by atoms with van der Waals surface area (Å²) in [6, 6.07) is 0. The van der Waals surface area contributed by atoms with Crippen molar-refractivity contribution in [3.05, 3.63) is 0 Å². The molecule has 0 spiro atoms. The molecule has 0 amide bonds. The molecule has 0 saturated carbocycles. The zero-order valence-electron chi connectivity index (χ0n) is 1.66. The van der Waals surface area contributed by atoms with Gasteiger partial charge in [-0.05, 0) is 0 Å². The number of rotatable bonds is 0. The fourth-order valence-corrected chi connectivity index (χ4v) is 0. The molecule has 0 heterocycles. The molecule has 0 atom stereocenters. The molecule has 0 aromatic rings. The van der Waals surface area contributed by atoms with Crippen LogP contribution in [0, 0.1) is 0 Å². The van der Waals surface area contributed by atoms with Crippen LogP contribution >= 0.6 is 18.8 Å². The molecule has 0 aromatic heterocycles. The van der Waals surface area contributed by atoms with Crippen LogP contribution in [0.1, 0.15) is 0 Å². The van der Waals surface area contributed by atoms with Gasteiger partial charge in [0.05, 0.1) is 0 Å². The predicted octanol–water partition coefficient (Wildman–Crippen LogP) is 0.552. The molecular weight excluding hydrogens is 271 g/mol. The molecule has 0 radical (unpaired) electrons. The summed E-state index contributed by atoms with van der Waals surface area (Å²) in [7, 11) is 9.86. The molecule has 0 aromatic carbocycles. The summed E-state index contributed by atoms with van der Waals surface area (Å²) in [5.41, 5.74) is 0. The summed E-state index contributed by atoms with van der Waals surface area (Å²) in [6.07, 6.45) is 0. The average molecular weight is 273 g/mol. The van der Waals surface area contributed by atoms with Gasteiger partial charge in [0.1, 0.15) is 0 Å². The Kier molecular flexibility index (Phi) is 19.9. The van der Waals surface area contributed by atoms with E-state index in [1.54, 1.807) is 0 Å². The predicted molar refractivity (Wildman–Crippen MR) is 15.3 cm³/mol. The van der Waals surface area contributed by atoms with Crippen LogP contribution in [-0.4, -0.2) is 5.48 Å². The van der Waals surface area contributed by atoms with Crippen LogP contribution in [0.4, 0.5) is 0 Å². The zero-order chi connectivity index (χ0) is 2.71. The Morgan fingerprint density at radius 3 is 1.25 bits per heavy atom. The van der Waals surface area contributed by atoms with E-state index < -0.39 is 16.5 Å². The van der Waals surface area contributed by atoms with Crippen LogP contribution in [0.2, 0.25) is 0 Å². The van der Waals surface area contributed by atoms with Gasteiger partial charge in [-0.2, -0.15) is 0 Å². The van der Waals surface area contributed by atoms with E-state index in [-0.39, 0.29) is 5.48 Å². The van der Waals surface area contributed by atoms with Gasteiger partial charge in [0.15, 0.2) is 0 Å². The van der Waals surface area contributed by atoms with E-state index in [0.29, 0.717) is 0 Å². The molecule has 28 valence electrons. The van der Waals surface area contributed by atoms with Gasteiger partial charge in [-0.1, -0.05) is 0 Å². The van der Waals surface area contributed by atoms with Crippen LogP contribution in [0.25, 0.3) is 0 Å². The van der Waals surface area contributed by atoms with E-state index in [0.717, 1.165) is 0 Å². The third-order valence-corrected chi connectivity index (χ3v) is 0. The van der Waals surface area contributed by atoms with Gasteiger partial charge in [0, 0.05) is 0 Å². The molecule has 0 aliphatic rings. The first kappa shape index (κ1) is 8.97. The summed E-state index contributed by atoms with van der Waals surface area (Å²) >= 11 is -0.806. The van der Waals surface area contributed by atoms with Crippen LogP contribution in [0.5, 0.6) is 0 Å². The van der Waals surface area contributed by atoms with E-state index >= 15 is 0 Å². The van der Waals surface area contributed by atoms with Crippen molar-refractivity contribution in [2.45, 2.75) is 0 Å². The summed E-state index contributed by atoms with van der Waals surface area (Å²) in [4.78, 5) is 0. The van der Waals surface area contributed by atoms with Gasteiger partial charge >= 0.3 is 35.3 Å². The topological polar surface area (TPSA) is 31.5 Å². The second kappa shape index (κ2) is 8.87. The van der Waals surface area contributed by atoms with Crippen LogP contribution < -0.4 is 0 Å². The van der Waals surface area contributed by atoms with Crippen molar-refractivity contribution in [2.75, 3.05) is 0 Å². The molecule has 0 fully saturated rings. The van der Waals surface area contributed by atoms with Crippen LogP contribution in [-0.2, 0) is 16.5 Å². The van der Waals surface area contributed by atoms with E-state index in [9.17, 15) is 0 Å². The summed E-state index contributed by atoms with van der Waals surface area (Å²) in [5, 5.41) is 0. The molecule has 0 rings (SSSR count). The molecule has 0 unspecified atom stereocenters. The van der Waals surface area contributed by atoms with Gasteiger partial charge in [-0.15, -0.1) is 0 Å². The van der Waals surface area contributed by atoms with Crippen LogP contribution in [0.3, 0.4) is 0 Å². The van der Waals surface area contributed by atoms with Gasteiger partial charge in [-0.3, -0.25) is 0 Å². The van der Waals surface area contributed by atoms with Crippen molar-refractivity contribution in [3.63, 3.8) is 0 Å². The Bertz CT molecular complexity index is 6.00. The van der Waals surface area contributed by atoms with Crippen molar-refractivity contribution in [1.29, 1.82) is 0 Å². The zero-order valence-corrected chi connectivity index (χ0v) is 6.11. The Labute approximate surface area is 41.0 Å². The normalized spacial score (nSPS) is 4.50. The molecule has 1 nitrogen and oxygen atoms in total. The molecule has 2 N–H and O–H groups in total. The second-order valence-corrected chi connectivity index (χ2v) is 4.30. The van der Waals surface area contributed by atoms with Crippen molar-refractivity contribution in [1.82, 2.24) is 0 Å². The number of hydrogen-bond acceptors (Lipinski definition) is 0. The Morgan fingerprint density at radius 2 is 1.25 bits per heavy atom. The Hall–Kier alpha value is 1.23. The maximum atomic E-state index is 4.93. The Morgan fingerprint density at radius 1 is 1.25 bits per heavy atom.